The molecular weight excluding hydrogens is 172 g/mol. The van der Waals surface area contributed by atoms with Gasteiger partial charge in [-0.3, -0.25) is 14.6 Å². The molecule has 1 aromatic heterocycles. The molecule has 1 aromatic rings. The topological polar surface area (TPSA) is 75.1 Å². The summed E-state index contributed by atoms with van der Waals surface area (Å²) in [5.74, 6) is -1.18. The Morgan fingerprint density at radius 1 is 1.54 bits per heavy atom. The molecule has 0 aliphatic rings. The predicted octanol–water partition coefficient (Wildman–Crippen LogP) is 0.535. The fourth-order valence-electron chi connectivity index (χ4n) is 1.19. The van der Waals surface area contributed by atoms with E-state index >= 15 is 0 Å². The van der Waals surface area contributed by atoms with E-state index < -0.39 is 11.5 Å². The van der Waals surface area contributed by atoms with Crippen LogP contribution in [-0.2, 0) is 7.05 Å². The Morgan fingerprint density at radius 2 is 2.08 bits per heavy atom. The van der Waals surface area contributed by atoms with E-state index in [2.05, 4.69) is 5.10 Å². The van der Waals surface area contributed by atoms with Crippen molar-refractivity contribution in [1.29, 1.82) is 0 Å². The SMILES string of the molecule is CC(C)c1[nH]n(C)c(=O)c1C(=O)O. The zero-order valence-corrected chi connectivity index (χ0v) is 7.79. The Hall–Kier alpha value is -1.52. The average molecular weight is 184 g/mol. The van der Waals surface area contributed by atoms with E-state index in [0.29, 0.717) is 5.69 Å². The van der Waals surface area contributed by atoms with Crippen molar-refractivity contribution in [2.24, 2.45) is 7.05 Å². The molecule has 0 bridgehead atoms. The normalized spacial score (nSPS) is 10.8. The number of aromatic amines is 1. The van der Waals surface area contributed by atoms with Gasteiger partial charge in [0.2, 0.25) is 0 Å². The molecule has 13 heavy (non-hydrogen) atoms. The van der Waals surface area contributed by atoms with Gasteiger partial charge in [-0.05, 0) is 5.92 Å². The first-order valence-electron chi connectivity index (χ1n) is 3.97. The first-order chi connectivity index (χ1) is 5.95. The monoisotopic (exact) mass is 184 g/mol. The molecule has 0 atom stereocenters. The minimum absolute atomic E-state index is 0.000000000000000444. The molecule has 5 nitrogen and oxygen atoms in total. The number of H-pyrrole nitrogens is 1. The van der Waals surface area contributed by atoms with Gasteiger partial charge in [0.15, 0.2) is 0 Å². The zero-order valence-electron chi connectivity index (χ0n) is 7.79. The van der Waals surface area contributed by atoms with Crippen LogP contribution in [0.4, 0.5) is 0 Å². The predicted molar refractivity (Wildman–Crippen MR) is 47.1 cm³/mol. The van der Waals surface area contributed by atoms with Gasteiger partial charge in [0.25, 0.3) is 5.56 Å². The number of hydrogen-bond acceptors (Lipinski definition) is 2. The third-order valence-corrected chi connectivity index (χ3v) is 1.87. The third kappa shape index (κ3) is 1.49. The number of aromatic carboxylic acids is 1. The van der Waals surface area contributed by atoms with Gasteiger partial charge in [-0.1, -0.05) is 13.8 Å². The van der Waals surface area contributed by atoms with E-state index in [1.807, 2.05) is 13.8 Å². The highest BCUT2D eigenvalue weighted by atomic mass is 16.4. The number of carbonyl (C=O) groups is 1. The summed E-state index contributed by atoms with van der Waals surface area (Å²) in [6.45, 7) is 3.66. The second-order valence-corrected chi connectivity index (χ2v) is 3.22. The molecule has 0 radical (unpaired) electrons. The lowest BCUT2D eigenvalue weighted by atomic mass is 10.1. The second-order valence-electron chi connectivity index (χ2n) is 3.22. The van der Waals surface area contributed by atoms with Crippen molar-refractivity contribution in [2.75, 3.05) is 0 Å². The van der Waals surface area contributed by atoms with E-state index in [1.165, 1.54) is 11.7 Å². The summed E-state index contributed by atoms with van der Waals surface area (Å²) in [5, 5.41) is 11.5. The van der Waals surface area contributed by atoms with Crippen LogP contribution < -0.4 is 5.56 Å². The van der Waals surface area contributed by atoms with Crippen LogP contribution in [0.3, 0.4) is 0 Å². The van der Waals surface area contributed by atoms with E-state index in [-0.39, 0.29) is 11.5 Å². The number of nitrogens with one attached hydrogen (secondary N) is 1. The van der Waals surface area contributed by atoms with Crippen molar-refractivity contribution in [1.82, 2.24) is 9.78 Å². The molecule has 72 valence electrons. The average Bonchev–Trinajstić information content (AvgIpc) is 2.28. The highest BCUT2D eigenvalue weighted by molar-refractivity contribution is 5.88. The quantitative estimate of drug-likeness (QED) is 0.704. The van der Waals surface area contributed by atoms with Crippen LogP contribution in [0.15, 0.2) is 4.79 Å². The van der Waals surface area contributed by atoms with Crippen LogP contribution in [0.1, 0.15) is 35.8 Å². The van der Waals surface area contributed by atoms with Crippen LogP contribution in [0.2, 0.25) is 0 Å². The molecule has 0 aliphatic heterocycles. The lowest BCUT2D eigenvalue weighted by Crippen LogP contribution is -2.18. The highest BCUT2D eigenvalue weighted by Gasteiger charge is 2.20. The Balaban J connectivity index is 3.45. The molecule has 1 rings (SSSR count). The molecule has 2 N–H and O–H groups in total. The Labute approximate surface area is 75.0 Å². The van der Waals surface area contributed by atoms with Crippen molar-refractivity contribution in [3.8, 4) is 0 Å². The molecule has 0 aromatic carbocycles. The van der Waals surface area contributed by atoms with Crippen molar-refractivity contribution in [2.45, 2.75) is 19.8 Å². The summed E-state index contributed by atoms with van der Waals surface area (Å²) in [6, 6.07) is 0. The van der Waals surface area contributed by atoms with Crippen LogP contribution in [0.5, 0.6) is 0 Å². The summed E-state index contributed by atoms with van der Waals surface area (Å²) in [6.07, 6.45) is 0. The summed E-state index contributed by atoms with van der Waals surface area (Å²) < 4.78 is 1.18. The number of carboxylic acids is 1. The number of aryl methyl sites for hydroxylation is 1. The van der Waals surface area contributed by atoms with Crippen LogP contribution in [-0.4, -0.2) is 20.9 Å². The van der Waals surface area contributed by atoms with Gasteiger partial charge in [0.1, 0.15) is 5.56 Å². The van der Waals surface area contributed by atoms with Gasteiger partial charge >= 0.3 is 5.97 Å². The zero-order chi connectivity index (χ0) is 10.2. The van der Waals surface area contributed by atoms with E-state index in [4.69, 9.17) is 5.11 Å². The van der Waals surface area contributed by atoms with Crippen molar-refractivity contribution >= 4 is 5.97 Å². The molecule has 0 aliphatic carbocycles. The molecule has 1 heterocycles. The molecule has 0 saturated carbocycles. The smallest absolute Gasteiger partial charge is 0.343 e. The molecule has 0 spiro atoms. The Kier molecular flexibility index (Phi) is 2.27. The summed E-state index contributed by atoms with van der Waals surface area (Å²) in [5.41, 5.74) is -0.172. The van der Waals surface area contributed by atoms with Crippen LogP contribution in [0.25, 0.3) is 0 Å². The van der Waals surface area contributed by atoms with Gasteiger partial charge in [0, 0.05) is 7.05 Å². The summed E-state index contributed by atoms with van der Waals surface area (Å²) in [7, 11) is 1.50. The Morgan fingerprint density at radius 3 is 2.38 bits per heavy atom. The first kappa shape index (κ1) is 9.57. The van der Waals surface area contributed by atoms with Crippen molar-refractivity contribution < 1.29 is 9.90 Å². The van der Waals surface area contributed by atoms with Crippen LogP contribution in [0, 0.1) is 0 Å². The maximum absolute atomic E-state index is 11.3. The molecule has 5 heteroatoms. The standard InChI is InChI=1S/C8H12N2O3/c1-4(2)6-5(8(12)13)7(11)10(3)9-6/h4,9H,1-3H3,(H,12,13). The fraction of sp³-hybridized carbons (Fsp3) is 0.500. The van der Waals surface area contributed by atoms with E-state index in [0.717, 1.165) is 0 Å². The maximum Gasteiger partial charge on any atom is 0.343 e. The van der Waals surface area contributed by atoms with Gasteiger partial charge in [-0.2, -0.15) is 0 Å². The maximum atomic E-state index is 11.3. The number of nitrogens with zero attached hydrogens (tertiary/aromatic N) is 1. The van der Waals surface area contributed by atoms with Gasteiger partial charge in [-0.25, -0.2) is 4.79 Å². The van der Waals surface area contributed by atoms with Crippen molar-refractivity contribution in [3.63, 3.8) is 0 Å². The summed E-state index contributed by atoms with van der Waals surface area (Å²) in [4.78, 5) is 22.0. The Bertz CT molecular complexity index is 387. The lowest BCUT2D eigenvalue weighted by Gasteiger charge is -2.01. The van der Waals surface area contributed by atoms with Gasteiger partial charge in [-0.15, -0.1) is 0 Å². The molecular formula is C8H12N2O3. The molecule has 0 fully saturated rings. The number of hydrogen-bond donors (Lipinski definition) is 2. The molecule has 0 unspecified atom stereocenters. The minimum Gasteiger partial charge on any atom is -0.477 e. The highest BCUT2D eigenvalue weighted by Crippen LogP contribution is 2.13. The third-order valence-electron chi connectivity index (χ3n) is 1.87. The van der Waals surface area contributed by atoms with Gasteiger partial charge < -0.3 is 5.11 Å². The fourth-order valence-corrected chi connectivity index (χ4v) is 1.19. The molecule has 0 saturated heterocycles. The lowest BCUT2D eigenvalue weighted by molar-refractivity contribution is 0.0693. The largest absolute Gasteiger partial charge is 0.477 e. The van der Waals surface area contributed by atoms with Crippen LogP contribution >= 0.6 is 0 Å². The van der Waals surface area contributed by atoms with E-state index in [1.54, 1.807) is 0 Å². The minimum atomic E-state index is -1.18. The first-order valence-corrected chi connectivity index (χ1v) is 3.97. The molecule has 0 amide bonds. The van der Waals surface area contributed by atoms with Gasteiger partial charge in [0.05, 0.1) is 5.69 Å². The van der Waals surface area contributed by atoms with E-state index in [9.17, 15) is 9.59 Å². The summed E-state index contributed by atoms with van der Waals surface area (Å²) >= 11 is 0. The van der Waals surface area contributed by atoms with Crippen molar-refractivity contribution in [3.05, 3.63) is 21.6 Å². The number of aromatic nitrogens is 2. The second kappa shape index (κ2) is 3.08. The number of carboxylic acid groups (broad SMARTS) is 1. The number of rotatable bonds is 2.